The van der Waals surface area contributed by atoms with Crippen molar-refractivity contribution in [3.8, 4) is 0 Å². The summed E-state index contributed by atoms with van der Waals surface area (Å²) in [5.41, 5.74) is 6.85. The van der Waals surface area contributed by atoms with Crippen LogP contribution >= 0.6 is 0 Å². The molecule has 5 nitrogen and oxygen atoms in total. The van der Waals surface area contributed by atoms with E-state index < -0.39 is 0 Å². The van der Waals surface area contributed by atoms with Crippen LogP contribution in [0.15, 0.2) is 24.3 Å². The molecule has 2 N–H and O–H groups in total. The Bertz CT molecular complexity index is 413. The molecule has 15 heavy (non-hydrogen) atoms. The number of carbonyl (C=O) groups is 2. The van der Waals surface area contributed by atoms with Gasteiger partial charge in [-0.15, -0.1) is 0 Å². The highest BCUT2D eigenvalue weighted by molar-refractivity contribution is 6.11. The fourth-order valence-electron chi connectivity index (χ4n) is 1.45. The molecule has 3 amide bonds. The molecule has 1 aromatic rings. The zero-order chi connectivity index (χ0) is 11.0. The van der Waals surface area contributed by atoms with Crippen molar-refractivity contribution in [2.24, 2.45) is 0 Å². The highest BCUT2D eigenvalue weighted by Gasteiger charge is 2.33. The summed E-state index contributed by atoms with van der Waals surface area (Å²) in [6.45, 7) is 0.0965. The number of rotatable bonds is 1. The highest BCUT2D eigenvalue weighted by Crippen LogP contribution is 2.20. The van der Waals surface area contributed by atoms with Crippen LogP contribution in [0.3, 0.4) is 0 Å². The maximum Gasteiger partial charge on any atom is 0.331 e. The number of amides is 3. The SMILES string of the molecule is CN1C(=O)CN(c2ccc(N)cc2)C1=O. The summed E-state index contributed by atoms with van der Waals surface area (Å²) < 4.78 is 0. The smallest absolute Gasteiger partial charge is 0.331 e. The fraction of sp³-hybridized carbons (Fsp3) is 0.200. The minimum Gasteiger partial charge on any atom is -0.399 e. The van der Waals surface area contributed by atoms with Crippen LogP contribution in [0, 0.1) is 0 Å². The second kappa shape index (κ2) is 3.27. The van der Waals surface area contributed by atoms with Crippen molar-refractivity contribution in [2.75, 3.05) is 24.2 Å². The van der Waals surface area contributed by atoms with Gasteiger partial charge in [0.2, 0.25) is 5.91 Å². The quantitative estimate of drug-likeness (QED) is 0.541. The predicted octanol–water partition coefficient (Wildman–Crippen LogP) is 0.667. The molecule has 1 aliphatic heterocycles. The normalized spacial score (nSPS) is 16.3. The van der Waals surface area contributed by atoms with E-state index in [0.29, 0.717) is 11.4 Å². The van der Waals surface area contributed by atoms with Crippen molar-refractivity contribution in [3.05, 3.63) is 24.3 Å². The Morgan fingerprint density at radius 3 is 2.27 bits per heavy atom. The van der Waals surface area contributed by atoms with Crippen LogP contribution in [-0.2, 0) is 4.79 Å². The van der Waals surface area contributed by atoms with E-state index in [0.717, 1.165) is 4.90 Å². The van der Waals surface area contributed by atoms with Crippen LogP contribution in [0.4, 0.5) is 16.2 Å². The molecule has 0 unspecified atom stereocenters. The first kappa shape index (κ1) is 9.51. The molecular weight excluding hydrogens is 194 g/mol. The molecule has 0 atom stereocenters. The van der Waals surface area contributed by atoms with Gasteiger partial charge in [-0.3, -0.25) is 14.6 Å². The highest BCUT2D eigenvalue weighted by atomic mass is 16.2. The maximum atomic E-state index is 11.6. The molecule has 1 fully saturated rings. The Hall–Kier alpha value is -2.04. The van der Waals surface area contributed by atoms with E-state index in [9.17, 15) is 9.59 Å². The number of nitrogen functional groups attached to an aromatic ring is 1. The van der Waals surface area contributed by atoms with Crippen molar-refractivity contribution in [2.45, 2.75) is 0 Å². The van der Waals surface area contributed by atoms with Gasteiger partial charge >= 0.3 is 6.03 Å². The molecule has 0 spiro atoms. The summed E-state index contributed by atoms with van der Waals surface area (Å²) in [5, 5.41) is 0. The van der Waals surface area contributed by atoms with E-state index in [1.165, 1.54) is 11.9 Å². The first-order chi connectivity index (χ1) is 7.09. The van der Waals surface area contributed by atoms with Crippen molar-refractivity contribution >= 4 is 23.3 Å². The van der Waals surface area contributed by atoms with Crippen molar-refractivity contribution < 1.29 is 9.59 Å². The zero-order valence-electron chi connectivity index (χ0n) is 8.30. The summed E-state index contributed by atoms with van der Waals surface area (Å²) in [7, 11) is 1.47. The molecule has 5 heteroatoms. The molecule has 1 aromatic carbocycles. The van der Waals surface area contributed by atoms with Gasteiger partial charge in [0.05, 0.1) is 0 Å². The summed E-state index contributed by atoms with van der Waals surface area (Å²) in [6.07, 6.45) is 0. The topological polar surface area (TPSA) is 66.6 Å². The number of hydrogen-bond donors (Lipinski definition) is 1. The van der Waals surface area contributed by atoms with E-state index in [2.05, 4.69) is 0 Å². The molecule has 0 aromatic heterocycles. The minimum atomic E-state index is -0.301. The molecule has 0 saturated carbocycles. The van der Waals surface area contributed by atoms with E-state index in [1.54, 1.807) is 24.3 Å². The minimum absolute atomic E-state index is 0.0965. The van der Waals surface area contributed by atoms with Crippen LogP contribution < -0.4 is 10.6 Å². The van der Waals surface area contributed by atoms with Gasteiger partial charge in [0, 0.05) is 18.4 Å². The first-order valence-electron chi connectivity index (χ1n) is 4.53. The van der Waals surface area contributed by atoms with Gasteiger partial charge in [-0.2, -0.15) is 0 Å². The number of anilines is 2. The van der Waals surface area contributed by atoms with E-state index in [-0.39, 0.29) is 18.5 Å². The maximum absolute atomic E-state index is 11.6. The average Bonchev–Trinajstić information content (AvgIpc) is 2.47. The lowest BCUT2D eigenvalue weighted by atomic mass is 10.2. The Balaban J connectivity index is 2.29. The Morgan fingerprint density at radius 1 is 1.20 bits per heavy atom. The summed E-state index contributed by atoms with van der Waals surface area (Å²) >= 11 is 0. The summed E-state index contributed by atoms with van der Waals surface area (Å²) in [5.74, 6) is -0.197. The van der Waals surface area contributed by atoms with Crippen molar-refractivity contribution in [1.29, 1.82) is 0 Å². The Labute approximate surface area is 87.1 Å². The van der Waals surface area contributed by atoms with Gasteiger partial charge in [0.1, 0.15) is 6.54 Å². The number of imide groups is 1. The molecule has 0 aliphatic carbocycles. The van der Waals surface area contributed by atoms with Crippen LogP contribution in [0.1, 0.15) is 0 Å². The lowest BCUT2D eigenvalue weighted by Crippen LogP contribution is -2.29. The molecule has 0 bridgehead atoms. The molecular formula is C10H11N3O2. The van der Waals surface area contributed by atoms with Gasteiger partial charge in [0.25, 0.3) is 0 Å². The molecule has 0 radical (unpaired) electrons. The second-order valence-corrected chi connectivity index (χ2v) is 3.41. The van der Waals surface area contributed by atoms with Crippen molar-refractivity contribution in [3.63, 3.8) is 0 Å². The number of urea groups is 1. The van der Waals surface area contributed by atoms with Gasteiger partial charge in [-0.25, -0.2) is 4.79 Å². The van der Waals surface area contributed by atoms with Crippen LogP contribution in [0.2, 0.25) is 0 Å². The molecule has 1 saturated heterocycles. The van der Waals surface area contributed by atoms with Crippen LogP contribution in [0.5, 0.6) is 0 Å². The third-order valence-electron chi connectivity index (χ3n) is 2.39. The van der Waals surface area contributed by atoms with E-state index in [1.807, 2.05) is 0 Å². The lowest BCUT2D eigenvalue weighted by Gasteiger charge is -2.14. The molecule has 1 aliphatic rings. The number of carbonyl (C=O) groups excluding carboxylic acids is 2. The van der Waals surface area contributed by atoms with Crippen LogP contribution in [-0.4, -0.2) is 30.4 Å². The lowest BCUT2D eigenvalue weighted by molar-refractivity contribution is -0.123. The Kier molecular flexibility index (Phi) is 2.07. The van der Waals surface area contributed by atoms with E-state index in [4.69, 9.17) is 5.73 Å². The Morgan fingerprint density at radius 2 is 1.80 bits per heavy atom. The molecule has 78 valence electrons. The second-order valence-electron chi connectivity index (χ2n) is 3.41. The van der Waals surface area contributed by atoms with Gasteiger partial charge in [-0.1, -0.05) is 0 Å². The predicted molar refractivity (Wildman–Crippen MR) is 56.4 cm³/mol. The monoisotopic (exact) mass is 205 g/mol. The van der Waals surface area contributed by atoms with E-state index >= 15 is 0 Å². The summed E-state index contributed by atoms with van der Waals surface area (Å²) in [4.78, 5) is 25.4. The van der Waals surface area contributed by atoms with Gasteiger partial charge in [0.15, 0.2) is 0 Å². The average molecular weight is 205 g/mol. The largest absolute Gasteiger partial charge is 0.399 e. The standard InChI is InChI=1S/C10H11N3O2/c1-12-9(14)6-13(10(12)15)8-4-2-7(11)3-5-8/h2-5H,6,11H2,1H3. The molecule has 1 heterocycles. The zero-order valence-corrected chi connectivity index (χ0v) is 8.30. The summed E-state index contributed by atoms with van der Waals surface area (Å²) in [6, 6.07) is 6.54. The van der Waals surface area contributed by atoms with Crippen LogP contribution in [0.25, 0.3) is 0 Å². The van der Waals surface area contributed by atoms with Gasteiger partial charge in [-0.05, 0) is 24.3 Å². The van der Waals surface area contributed by atoms with Crippen molar-refractivity contribution in [1.82, 2.24) is 4.90 Å². The fourth-order valence-corrected chi connectivity index (χ4v) is 1.45. The number of hydrogen-bond acceptors (Lipinski definition) is 3. The number of likely N-dealkylation sites (N-methyl/N-ethyl adjacent to an activating group) is 1. The van der Waals surface area contributed by atoms with Gasteiger partial charge < -0.3 is 5.73 Å². The molecule has 2 rings (SSSR count). The number of benzene rings is 1. The first-order valence-corrected chi connectivity index (χ1v) is 4.53. The third-order valence-corrected chi connectivity index (χ3v) is 2.39. The number of nitrogens with zero attached hydrogens (tertiary/aromatic N) is 2. The number of nitrogens with two attached hydrogens (primary N) is 1. The third kappa shape index (κ3) is 1.52.